The number of nitrogens with zero attached hydrogens (tertiary/aromatic N) is 5. The van der Waals surface area contributed by atoms with Crippen LogP contribution in [0.4, 0.5) is 27.7 Å². The van der Waals surface area contributed by atoms with Gasteiger partial charge in [0.1, 0.15) is 23.7 Å². The molecule has 0 bridgehead atoms. The van der Waals surface area contributed by atoms with Crippen molar-refractivity contribution in [1.82, 2.24) is 20.2 Å². The highest BCUT2D eigenvalue weighted by Crippen LogP contribution is 2.40. The van der Waals surface area contributed by atoms with Crippen LogP contribution in [0.15, 0.2) is 36.7 Å². The van der Waals surface area contributed by atoms with Gasteiger partial charge in [-0.15, -0.1) is 0 Å². The van der Waals surface area contributed by atoms with Gasteiger partial charge in [-0.1, -0.05) is 0 Å². The molecule has 0 atom stereocenters. The maximum Gasteiger partial charge on any atom is 0.415 e. The Morgan fingerprint density at radius 2 is 1.79 bits per heavy atom. The van der Waals surface area contributed by atoms with Gasteiger partial charge in [-0.3, -0.25) is 14.6 Å². The van der Waals surface area contributed by atoms with Crippen LogP contribution in [0.25, 0.3) is 0 Å². The van der Waals surface area contributed by atoms with Gasteiger partial charge in [-0.25, -0.2) is 14.8 Å². The lowest BCUT2D eigenvalue weighted by molar-refractivity contribution is 0.0383. The molecule has 6 rings (SSSR count). The molecule has 12 nitrogen and oxygen atoms in total. The summed E-state index contributed by atoms with van der Waals surface area (Å²) in [6, 6.07) is 7.83. The van der Waals surface area contributed by atoms with Crippen LogP contribution in [-0.2, 0) is 22.4 Å². The van der Waals surface area contributed by atoms with Crippen LogP contribution in [0, 0.1) is 13.8 Å². The van der Waals surface area contributed by atoms with E-state index < -0.39 is 11.7 Å². The minimum absolute atomic E-state index is 0.0676. The van der Waals surface area contributed by atoms with E-state index in [0.717, 1.165) is 74.1 Å². The van der Waals surface area contributed by atoms with Crippen molar-refractivity contribution in [1.29, 1.82) is 0 Å². The Morgan fingerprint density at radius 3 is 2.55 bits per heavy atom. The lowest BCUT2D eigenvalue weighted by Crippen LogP contribution is -2.42. The molecule has 0 saturated carbocycles. The smallest absolute Gasteiger partial charge is 0.415 e. The minimum atomic E-state index is -0.608. The first-order chi connectivity index (χ1) is 22.6. The molecule has 5 heterocycles. The van der Waals surface area contributed by atoms with E-state index in [9.17, 15) is 9.59 Å². The second-order valence-corrected chi connectivity index (χ2v) is 13.3. The molecule has 0 unspecified atom stereocenters. The van der Waals surface area contributed by atoms with Gasteiger partial charge in [0.05, 0.1) is 31.6 Å². The summed E-state index contributed by atoms with van der Waals surface area (Å²) in [7, 11) is 0. The summed E-state index contributed by atoms with van der Waals surface area (Å²) in [5.74, 6) is 1.11. The van der Waals surface area contributed by atoms with Crippen LogP contribution in [0.3, 0.4) is 0 Å². The average Bonchev–Trinajstić information content (AvgIpc) is 3.04. The number of anilines is 4. The van der Waals surface area contributed by atoms with Crippen molar-refractivity contribution < 1.29 is 23.8 Å². The molecule has 0 radical (unpaired) electrons. The molecule has 250 valence electrons. The van der Waals surface area contributed by atoms with Crippen LogP contribution < -0.4 is 25.2 Å². The Morgan fingerprint density at radius 1 is 0.979 bits per heavy atom. The van der Waals surface area contributed by atoms with Crippen LogP contribution in [0.1, 0.15) is 53.4 Å². The standard InChI is InChI=1S/C35H45N7O5/c1-23-18-27(6-7-28(23)32(43)36-9-11-40-12-15-45-16-13-40)39-30-19-26-22-41(10-8-25(26)20-37-30)29-21-38-33-31(24(29)2)42(14-17-46-33)34(44)47-35(3,4)5/h6-7,18-21H,8-17,22H2,1-5H3,(H,36,43)(H,37,39). The SMILES string of the molecule is Cc1cc(Nc2cc3c(cn2)CCN(c2cnc4c(c2C)N(C(=O)OC(C)(C)C)CCO4)C3)ccc1C(=O)NCCN1CCOCC1. The Hall–Kier alpha value is -4.42. The van der Waals surface area contributed by atoms with Crippen molar-refractivity contribution in [3.05, 3.63) is 64.5 Å². The number of fused-ring (bicyclic) bond motifs is 2. The summed E-state index contributed by atoms with van der Waals surface area (Å²) in [6.07, 6.45) is 4.21. The van der Waals surface area contributed by atoms with E-state index >= 15 is 0 Å². The number of amides is 2. The normalized spacial score (nSPS) is 16.5. The number of carbonyl (C=O) groups is 2. The molecule has 3 aliphatic heterocycles. The Balaban J connectivity index is 1.12. The fourth-order valence-corrected chi connectivity index (χ4v) is 6.25. The molecule has 1 fully saturated rings. The molecule has 2 N–H and O–H groups in total. The van der Waals surface area contributed by atoms with E-state index in [1.165, 1.54) is 11.1 Å². The minimum Gasteiger partial charge on any atom is -0.474 e. The topological polar surface area (TPSA) is 121 Å². The molecular formula is C35H45N7O5. The third-order valence-corrected chi connectivity index (χ3v) is 8.68. The summed E-state index contributed by atoms with van der Waals surface area (Å²) in [6.45, 7) is 16.5. The first kappa shape index (κ1) is 32.5. The van der Waals surface area contributed by atoms with E-state index in [2.05, 4.69) is 36.5 Å². The number of aromatic nitrogens is 2. The first-order valence-electron chi connectivity index (χ1n) is 16.4. The zero-order valence-corrected chi connectivity index (χ0v) is 28.0. The van der Waals surface area contributed by atoms with Crippen LogP contribution in [-0.4, -0.2) is 91.6 Å². The van der Waals surface area contributed by atoms with Crippen LogP contribution in [0.5, 0.6) is 5.88 Å². The number of ether oxygens (including phenoxy) is 3. The maximum atomic E-state index is 13.1. The fourth-order valence-electron chi connectivity index (χ4n) is 6.25. The molecule has 47 heavy (non-hydrogen) atoms. The highest BCUT2D eigenvalue weighted by molar-refractivity contribution is 5.96. The third kappa shape index (κ3) is 7.60. The van der Waals surface area contributed by atoms with Crippen molar-refractivity contribution in [2.45, 2.75) is 53.2 Å². The van der Waals surface area contributed by atoms with Crippen molar-refractivity contribution in [3.63, 3.8) is 0 Å². The van der Waals surface area contributed by atoms with Gasteiger partial charge in [0.25, 0.3) is 5.91 Å². The summed E-state index contributed by atoms with van der Waals surface area (Å²) < 4.78 is 16.9. The van der Waals surface area contributed by atoms with E-state index in [4.69, 9.17) is 14.2 Å². The number of nitrogens with one attached hydrogen (secondary N) is 2. The number of rotatable bonds is 7. The van der Waals surface area contributed by atoms with Gasteiger partial charge in [0.15, 0.2) is 0 Å². The maximum absolute atomic E-state index is 13.1. The molecule has 1 aromatic carbocycles. The van der Waals surface area contributed by atoms with Gasteiger partial charge in [0.2, 0.25) is 5.88 Å². The van der Waals surface area contributed by atoms with Gasteiger partial charge in [0, 0.05) is 62.3 Å². The van der Waals surface area contributed by atoms with Gasteiger partial charge in [-0.2, -0.15) is 0 Å². The molecule has 0 aliphatic carbocycles. The summed E-state index contributed by atoms with van der Waals surface area (Å²) >= 11 is 0. The van der Waals surface area contributed by atoms with E-state index in [0.29, 0.717) is 43.4 Å². The van der Waals surface area contributed by atoms with Crippen molar-refractivity contribution in [2.75, 3.05) is 74.2 Å². The first-order valence-corrected chi connectivity index (χ1v) is 16.4. The second-order valence-electron chi connectivity index (χ2n) is 13.3. The van der Waals surface area contributed by atoms with E-state index in [1.54, 1.807) is 4.90 Å². The van der Waals surface area contributed by atoms with Gasteiger partial charge in [-0.05, 0) is 82.0 Å². The zero-order valence-electron chi connectivity index (χ0n) is 28.0. The Kier molecular flexibility index (Phi) is 9.51. The number of morpholine rings is 1. The molecule has 3 aromatic rings. The number of aryl methyl sites for hydroxylation is 1. The van der Waals surface area contributed by atoms with Crippen molar-refractivity contribution in [2.24, 2.45) is 0 Å². The summed E-state index contributed by atoms with van der Waals surface area (Å²) in [5.41, 5.74) is 6.72. The Labute approximate surface area is 276 Å². The van der Waals surface area contributed by atoms with Crippen LogP contribution in [0.2, 0.25) is 0 Å². The van der Waals surface area contributed by atoms with Crippen molar-refractivity contribution in [3.8, 4) is 5.88 Å². The monoisotopic (exact) mass is 643 g/mol. The highest BCUT2D eigenvalue weighted by atomic mass is 16.6. The quantitative estimate of drug-likeness (QED) is 0.378. The number of benzene rings is 1. The highest BCUT2D eigenvalue weighted by Gasteiger charge is 2.32. The molecule has 0 spiro atoms. The molecule has 3 aliphatic rings. The Bertz CT molecular complexity index is 1630. The molecular weight excluding hydrogens is 598 g/mol. The lowest BCUT2D eigenvalue weighted by Gasteiger charge is -2.35. The van der Waals surface area contributed by atoms with Crippen LogP contribution >= 0.6 is 0 Å². The zero-order chi connectivity index (χ0) is 33.1. The van der Waals surface area contributed by atoms with E-state index in [1.807, 2.05) is 65.2 Å². The number of pyridine rings is 2. The lowest BCUT2D eigenvalue weighted by atomic mass is 10.0. The third-order valence-electron chi connectivity index (χ3n) is 8.68. The van der Waals surface area contributed by atoms with Gasteiger partial charge >= 0.3 is 6.09 Å². The molecule has 2 aromatic heterocycles. The summed E-state index contributed by atoms with van der Waals surface area (Å²) in [4.78, 5) is 41.5. The largest absolute Gasteiger partial charge is 0.474 e. The molecule has 1 saturated heterocycles. The van der Waals surface area contributed by atoms with E-state index in [-0.39, 0.29) is 5.91 Å². The van der Waals surface area contributed by atoms with Gasteiger partial charge < -0.3 is 29.7 Å². The number of hydrogen-bond donors (Lipinski definition) is 2. The summed E-state index contributed by atoms with van der Waals surface area (Å²) in [5, 5.41) is 6.47. The number of hydrogen-bond acceptors (Lipinski definition) is 10. The molecule has 12 heteroatoms. The second kappa shape index (κ2) is 13.7. The fraction of sp³-hybridized carbons (Fsp3) is 0.486. The predicted molar refractivity (Wildman–Crippen MR) is 181 cm³/mol. The number of carbonyl (C=O) groups excluding carboxylic acids is 2. The predicted octanol–water partition coefficient (Wildman–Crippen LogP) is 4.60. The average molecular weight is 644 g/mol. The molecule has 2 amide bonds. The van der Waals surface area contributed by atoms with Crippen molar-refractivity contribution >= 4 is 34.9 Å².